The topological polar surface area (TPSA) is 96.1 Å². The number of aromatic amines is 1. The first-order valence-electron chi connectivity index (χ1n) is 10.7. The van der Waals surface area contributed by atoms with Crippen LogP contribution in [-0.2, 0) is 11.2 Å². The largest absolute Gasteiger partial charge is 0.361 e. The second-order valence-electron chi connectivity index (χ2n) is 8.16. The second kappa shape index (κ2) is 7.67. The SMILES string of the molecule is O=C1NC(=O)C(=C(Cc2ccc3c(c2)C(=O)c2ccccc2C3=O)c2c[nH]c3ccccc23)S1. The van der Waals surface area contributed by atoms with Gasteiger partial charge >= 0.3 is 0 Å². The number of fused-ring (bicyclic) bond motifs is 3. The molecular weight excluding hydrogens is 448 g/mol. The summed E-state index contributed by atoms with van der Waals surface area (Å²) < 4.78 is 0. The lowest BCUT2D eigenvalue weighted by molar-refractivity contribution is -0.115. The van der Waals surface area contributed by atoms with E-state index >= 15 is 0 Å². The van der Waals surface area contributed by atoms with E-state index in [1.807, 2.05) is 30.5 Å². The summed E-state index contributed by atoms with van der Waals surface area (Å²) in [4.78, 5) is 54.2. The molecule has 0 radical (unpaired) electrons. The zero-order valence-corrected chi connectivity index (χ0v) is 18.5. The van der Waals surface area contributed by atoms with Gasteiger partial charge in [0, 0.05) is 44.9 Å². The molecule has 4 aromatic rings. The van der Waals surface area contributed by atoms with E-state index in [4.69, 9.17) is 0 Å². The minimum atomic E-state index is -0.437. The zero-order chi connectivity index (χ0) is 23.4. The van der Waals surface area contributed by atoms with E-state index in [1.165, 1.54) is 0 Å². The molecule has 1 aliphatic carbocycles. The van der Waals surface area contributed by atoms with Gasteiger partial charge in [-0.05, 0) is 41.5 Å². The molecule has 2 aliphatic rings. The summed E-state index contributed by atoms with van der Waals surface area (Å²) in [6, 6.07) is 19.7. The number of carbonyl (C=O) groups is 4. The van der Waals surface area contributed by atoms with E-state index in [-0.39, 0.29) is 11.6 Å². The maximum Gasteiger partial charge on any atom is 0.290 e. The van der Waals surface area contributed by atoms with Crippen molar-refractivity contribution in [1.82, 2.24) is 10.3 Å². The number of hydrogen-bond acceptors (Lipinski definition) is 5. The maximum absolute atomic E-state index is 13.2. The number of hydrogen-bond donors (Lipinski definition) is 2. The average molecular weight is 465 g/mol. The lowest BCUT2D eigenvalue weighted by Crippen LogP contribution is -2.21. The minimum absolute atomic E-state index is 0.178. The number of aromatic nitrogens is 1. The summed E-state index contributed by atoms with van der Waals surface area (Å²) in [5.41, 5.74) is 4.69. The molecule has 0 bridgehead atoms. The van der Waals surface area contributed by atoms with Crippen LogP contribution in [0, 0.1) is 0 Å². The second-order valence-corrected chi connectivity index (χ2v) is 9.14. The molecule has 2 N–H and O–H groups in total. The molecule has 2 amide bonds. The van der Waals surface area contributed by atoms with E-state index in [2.05, 4.69) is 10.3 Å². The third-order valence-corrected chi connectivity index (χ3v) is 7.10. The van der Waals surface area contributed by atoms with Crippen LogP contribution in [0.25, 0.3) is 16.5 Å². The highest BCUT2D eigenvalue weighted by molar-refractivity contribution is 8.18. The molecule has 7 heteroatoms. The van der Waals surface area contributed by atoms with Gasteiger partial charge in [0.1, 0.15) is 0 Å². The third kappa shape index (κ3) is 3.13. The molecule has 2 heterocycles. The van der Waals surface area contributed by atoms with Crippen molar-refractivity contribution in [2.24, 2.45) is 0 Å². The Labute approximate surface area is 198 Å². The van der Waals surface area contributed by atoms with Crippen LogP contribution in [0.3, 0.4) is 0 Å². The van der Waals surface area contributed by atoms with Crippen LogP contribution in [0.2, 0.25) is 0 Å². The summed E-state index contributed by atoms with van der Waals surface area (Å²) in [5, 5.41) is 2.85. The highest BCUT2D eigenvalue weighted by Crippen LogP contribution is 2.37. The van der Waals surface area contributed by atoms with E-state index in [1.54, 1.807) is 42.5 Å². The van der Waals surface area contributed by atoms with Gasteiger partial charge in [-0.25, -0.2) is 0 Å². The lowest BCUT2D eigenvalue weighted by Gasteiger charge is -2.18. The number of amides is 2. The van der Waals surface area contributed by atoms with Crippen molar-refractivity contribution in [2.45, 2.75) is 6.42 Å². The van der Waals surface area contributed by atoms with E-state index in [9.17, 15) is 19.2 Å². The molecule has 3 aromatic carbocycles. The van der Waals surface area contributed by atoms with Crippen LogP contribution >= 0.6 is 11.8 Å². The number of ketones is 2. The Morgan fingerprint density at radius 2 is 1.44 bits per heavy atom. The molecule has 0 unspecified atom stereocenters. The molecule has 0 atom stereocenters. The molecule has 1 fully saturated rings. The first-order chi connectivity index (χ1) is 16.5. The van der Waals surface area contributed by atoms with Crippen molar-refractivity contribution < 1.29 is 19.2 Å². The van der Waals surface area contributed by atoms with E-state index in [0.717, 1.165) is 33.8 Å². The number of nitrogens with one attached hydrogen (secondary N) is 2. The van der Waals surface area contributed by atoms with Crippen LogP contribution in [0.1, 0.15) is 43.0 Å². The Hall–Kier alpha value is -4.23. The Morgan fingerprint density at radius 1 is 0.765 bits per heavy atom. The number of imide groups is 1. The van der Waals surface area contributed by atoms with Crippen molar-refractivity contribution in [3.63, 3.8) is 0 Å². The normalized spacial score (nSPS) is 16.5. The van der Waals surface area contributed by atoms with Crippen LogP contribution in [-0.4, -0.2) is 27.7 Å². The molecular formula is C27H16N2O4S. The van der Waals surface area contributed by atoms with Gasteiger partial charge in [-0.1, -0.05) is 54.6 Å². The fourth-order valence-electron chi connectivity index (χ4n) is 4.59. The van der Waals surface area contributed by atoms with Gasteiger partial charge in [0.2, 0.25) is 0 Å². The number of rotatable bonds is 3. The van der Waals surface area contributed by atoms with E-state index in [0.29, 0.717) is 39.2 Å². The number of allylic oxidation sites excluding steroid dienone is 1. The molecule has 6 rings (SSSR count). The minimum Gasteiger partial charge on any atom is -0.361 e. The first-order valence-corrected chi connectivity index (χ1v) is 11.5. The van der Waals surface area contributed by atoms with Gasteiger partial charge < -0.3 is 4.98 Å². The van der Waals surface area contributed by atoms with Crippen molar-refractivity contribution in [1.29, 1.82) is 0 Å². The molecule has 1 aliphatic heterocycles. The summed E-state index contributed by atoms with van der Waals surface area (Å²) in [6.45, 7) is 0. The van der Waals surface area contributed by atoms with Crippen molar-refractivity contribution in [2.75, 3.05) is 0 Å². The van der Waals surface area contributed by atoms with Gasteiger partial charge in [-0.3, -0.25) is 24.5 Å². The summed E-state index contributed by atoms with van der Waals surface area (Å²) in [5.74, 6) is -0.812. The molecule has 1 aromatic heterocycles. The van der Waals surface area contributed by atoms with Gasteiger partial charge in [-0.2, -0.15) is 0 Å². The zero-order valence-electron chi connectivity index (χ0n) is 17.7. The Kier molecular flexibility index (Phi) is 4.60. The molecule has 164 valence electrons. The molecule has 0 spiro atoms. The quantitative estimate of drug-likeness (QED) is 0.371. The smallest absolute Gasteiger partial charge is 0.290 e. The van der Waals surface area contributed by atoms with Crippen molar-refractivity contribution in [3.8, 4) is 0 Å². The van der Waals surface area contributed by atoms with Gasteiger partial charge in [0.25, 0.3) is 11.1 Å². The Balaban J connectivity index is 1.48. The number of benzene rings is 3. The van der Waals surface area contributed by atoms with E-state index < -0.39 is 11.1 Å². The van der Waals surface area contributed by atoms with Crippen LogP contribution in [0.5, 0.6) is 0 Å². The predicted octanol–water partition coefficient (Wildman–Crippen LogP) is 4.88. The molecule has 0 saturated carbocycles. The summed E-state index contributed by atoms with van der Waals surface area (Å²) in [6.07, 6.45) is 2.13. The fourth-order valence-corrected chi connectivity index (χ4v) is 5.37. The van der Waals surface area contributed by atoms with Crippen molar-refractivity contribution in [3.05, 3.63) is 111 Å². The highest BCUT2D eigenvalue weighted by atomic mass is 32.2. The van der Waals surface area contributed by atoms with Crippen LogP contribution < -0.4 is 5.32 Å². The Bertz CT molecular complexity index is 1610. The highest BCUT2D eigenvalue weighted by Gasteiger charge is 2.32. The van der Waals surface area contributed by atoms with Crippen molar-refractivity contribution >= 4 is 51.0 Å². The van der Waals surface area contributed by atoms with Gasteiger partial charge in [0.15, 0.2) is 11.6 Å². The number of para-hydroxylation sites is 1. The third-order valence-electron chi connectivity index (χ3n) is 6.18. The molecule has 34 heavy (non-hydrogen) atoms. The van der Waals surface area contributed by atoms with Gasteiger partial charge in [-0.15, -0.1) is 0 Å². The van der Waals surface area contributed by atoms with Crippen LogP contribution in [0.15, 0.2) is 77.8 Å². The van der Waals surface area contributed by atoms with Gasteiger partial charge in [0.05, 0.1) is 4.91 Å². The monoisotopic (exact) mass is 464 g/mol. The fraction of sp³-hybridized carbons (Fsp3) is 0.0370. The number of H-pyrrole nitrogens is 1. The lowest BCUT2D eigenvalue weighted by atomic mass is 9.82. The average Bonchev–Trinajstić information content (AvgIpc) is 3.43. The molecule has 6 nitrogen and oxygen atoms in total. The molecule has 1 saturated heterocycles. The number of carbonyl (C=O) groups excluding carboxylic acids is 4. The summed E-state index contributed by atoms with van der Waals surface area (Å²) in [7, 11) is 0. The standard InChI is InChI=1S/C27H16N2O4S/c30-23-16-6-1-2-7-17(16)24(31)19-11-14(9-10-18(19)23)12-20(25-26(32)29-27(33)34-25)21-13-28-22-8-4-3-5-15(21)22/h1-11,13,28H,12H2,(H,29,32,33). The maximum atomic E-state index is 13.2. The Morgan fingerprint density at radius 3 is 2.18 bits per heavy atom. The predicted molar refractivity (Wildman–Crippen MR) is 130 cm³/mol. The summed E-state index contributed by atoms with van der Waals surface area (Å²) >= 11 is 0.873. The first kappa shape index (κ1) is 20.4. The van der Waals surface area contributed by atoms with Crippen LogP contribution in [0.4, 0.5) is 4.79 Å². The number of thioether (sulfide) groups is 1.